The first-order chi connectivity index (χ1) is 12.9. The number of carbonyl (C=O) groups is 1. The van der Waals surface area contributed by atoms with Gasteiger partial charge in [0.15, 0.2) is 5.92 Å². The van der Waals surface area contributed by atoms with Crippen LogP contribution >= 0.6 is 0 Å². The van der Waals surface area contributed by atoms with Gasteiger partial charge in [-0.05, 0) is 44.4 Å². The van der Waals surface area contributed by atoms with Gasteiger partial charge in [0.25, 0.3) is 0 Å². The fourth-order valence-electron chi connectivity index (χ4n) is 3.34. The predicted molar refractivity (Wildman–Crippen MR) is 106 cm³/mol. The van der Waals surface area contributed by atoms with Crippen molar-refractivity contribution in [3.05, 3.63) is 71.9 Å². The average Bonchev–Trinajstić information content (AvgIpc) is 3.04. The van der Waals surface area contributed by atoms with Crippen molar-refractivity contribution in [2.75, 3.05) is 0 Å². The number of nitriles is 1. The minimum Gasteiger partial charge on any atom is -0.459 e. The Labute approximate surface area is 159 Å². The molecule has 0 saturated heterocycles. The molecular weight excluding hydrogens is 336 g/mol. The van der Waals surface area contributed by atoms with Crippen molar-refractivity contribution in [3.8, 4) is 6.07 Å². The highest BCUT2D eigenvalue weighted by Gasteiger charge is 2.34. The summed E-state index contributed by atoms with van der Waals surface area (Å²) in [4.78, 5) is 16.0. The van der Waals surface area contributed by atoms with Gasteiger partial charge in [0.05, 0.1) is 6.07 Å². The van der Waals surface area contributed by atoms with Crippen LogP contribution in [-0.2, 0) is 16.0 Å². The molecular formula is C23H24N2O2. The Balaban J connectivity index is 1.98. The van der Waals surface area contributed by atoms with Crippen molar-refractivity contribution < 1.29 is 9.53 Å². The summed E-state index contributed by atoms with van der Waals surface area (Å²) in [5.41, 5.74) is 2.46. The van der Waals surface area contributed by atoms with Gasteiger partial charge in [-0.3, -0.25) is 4.79 Å². The number of rotatable bonds is 5. The van der Waals surface area contributed by atoms with Crippen molar-refractivity contribution in [1.29, 1.82) is 5.26 Å². The standard InChI is InChI=1S/C23H24N2O2/c1-23(2,3)27-22(26)20(14-24)19(16-9-5-4-6-10-16)13-17-15-25-21-12-8-7-11-18(17)21/h4-12,15,19-20,25H,13H2,1-3H3. The molecule has 0 saturated carbocycles. The van der Waals surface area contributed by atoms with Crippen LogP contribution in [0.1, 0.15) is 37.8 Å². The molecule has 138 valence electrons. The van der Waals surface area contributed by atoms with Crippen LogP contribution in [0.5, 0.6) is 0 Å². The van der Waals surface area contributed by atoms with E-state index in [-0.39, 0.29) is 5.92 Å². The molecule has 3 rings (SSSR count). The van der Waals surface area contributed by atoms with Crippen molar-refractivity contribution in [2.24, 2.45) is 5.92 Å². The molecule has 1 aromatic heterocycles. The molecule has 0 amide bonds. The summed E-state index contributed by atoms with van der Waals surface area (Å²) in [7, 11) is 0. The van der Waals surface area contributed by atoms with E-state index in [4.69, 9.17) is 4.74 Å². The SMILES string of the molecule is CC(C)(C)OC(=O)C(C#N)C(Cc1c[nH]c2ccccc12)c1ccccc1. The number of nitrogens with one attached hydrogen (secondary N) is 1. The van der Waals surface area contributed by atoms with E-state index in [2.05, 4.69) is 17.1 Å². The van der Waals surface area contributed by atoms with Crippen LogP contribution in [0, 0.1) is 17.2 Å². The lowest BCUT2D eigenvalue weighted by Gasteiger charge is -2.26. The fraction of sp³-hybridized carbons (Fsp3) is 0.304. The van der Waals surface area contributed by atoms with Gasteiger partial charge in [-0.15, -0.1) is 0 Å². The molecule has 2 atom stereocenters. The summed E-state index contributed by atoms with van der Waals surface area (Å²) in [5.74, 6) is -1.63. The van der Waals surface area contributed by atoms with E-state index in [1.54, 1.807) is 0 Å². The van der Waals surface area contributed by atoms with Crippen LogP contribution < -0.4 is 0 Å². The van der Waals surface area contributed by atoms with E-state index in [0.29, 0.717) is 6.42 Å². The number of carbonyl (C=O) groups excluding carboxylic acids is 1. The zero-order valence-corrected chi connectivity index (χ0v) is 15.9. The summed E-state index contributed by atoms with van der Waals surface area (Å²) >= 11 is 0. The zero-order chi connectivity index (χ0) is 19.4. The average molecular weight is 360 g/mol. The summed E-state index contributed by atoms with van der Waals surface area (Å²) in [6, 6.07) is 20.0. The summed E-state index contributed by atoms with van der Waals surface area (Å²) < 4.78 is 5.53. The first-order valence-electron chi connectivity index (χ1n) is 9.11. The number of hydrogen-bond donors (Lipinski definition) is 1. The summed E-state index contributed by atoms with van der Waals surface area (Å²) in [6.07, 6.45) is 2.54. The molecule has 0 fully saturated rings. The lowest BCUT2D eigenvalue weighted by molar-refractivity contribution is -0.158. The minimum atomic E-state index is -0.875. The van der Waals surface area contributed by atoms with E-state index < -0.39 is 17.5 Å². The third-order valence-electron chi connectivity index (χ3n) is 4.54. The van der Waals surface area contributed by atoms with Gasteiger partial charge in [0, 0.05) is 23.0 Å². The smallest absolute Gasteiger partial charge is 0.324 e. The third kappa shape index (κ3) is 4.38. The molecule has 3 aromatic rings. The number of benzene rings is 2. The number of hydrogen-bond acceptors (Lipinski definition) is 3. The Morgan fingerprint density at radius 3 is 2.44 bits per heavy atom. The van der Waals surface area contributed by atoms with Gasteiger partial charge in [-0.2, -0.15) is 5.26 Å². The second-order valence-corrected chi connectivity index (χ2v) is 7.72. The van der Waals surface area contributed by atoms with Gasteiger partial charge >= 0.3 is 5.97 Å². The number of H-pyrrole nitrogens is 1. The van der Waals surface area contributed by atoms with Crippen LogP contribution in [0.4, 0.5) is 0 Å². The number of aromatic amines is 1. The second kappa shape index (κ2) is 7.67. The lowest BCUT2D eigenvalue weighted by Crippen LogP contribution is -2.31. The molecule has 0 spiro atoms. The molecule has 0 aliphatic heterocycles. The number of fused-ring (bicyclic) bond motifs is 1. The molecule has 2 aromatic carbocycles. The summed E-state index contributed by atoms with van der Waals surface area (Å²) in [5, 5.41) is 10.9. The van der Waals surface area contributed by atoms with Gasteiger partial charge in [0.2, 0.25) is 0 Å². The highest BCUT2D eigenvalue weighted by atomic mass is 16.6. The van der Waals surface area contributed by atoms with Gasteiger partial charge in [-0.25, -0.2) is 0 Å². The maximum Gasteiger partial charge on any atom is 0.324 e. The van der Waals surface area contributed by atoms with E-state index in [1.165, 1.54) is 0 Å². The number of para-hydroxylation sites is 1. The van der Waals surface area contributed by atoms with Gasteiger partial charge < -0.3 is 9.72 Å². The number of esters is 1. The first kappa shape index (κ1) is 18.7. The molecule has 0 aliphatic carbocycles. The molecule has 4 nitrogen and oxygen atoms in total. The van der Waals surface area contributed by atoms with Gasteiger partial charge in [-0.1, -0.05) is 48.5 Å². The maximum absolute atomic E-state index is 12.7. The normalized spacial score (nSPS) is 13.7. The van der Waals surface area contributed by atoms with E-state index in [1.807, 2.05) is 75.5 Å². The van der Waals surface area contributed by atoms with Crippen molar-refractivity contribution >= 4 is 16.9 Å². The Kier molecular flexibility index (Phi) is 5.32. The largest absolute Gasteiger partial charge is 0.459 e. The Bertz CT molecular complexity index is 961. The molecule has 4 heteroatoms. The van der Waals surface area contributed by atoms with Crippen molar-refractivity contribution in [2.45, 2.75) is 38.7 Å². The monoisotopic (exact) mass is 360 g/mol. The maximum atomic E-state index is 12.7. The molecule has 0 bridgehead atoms. The zero-order valence-electron chi connectivity index (χ0n) is 15.9. The highest BCUT2D eigenvalue weighted by Crippen LogP contribution is 2.32. The molecule has 27 heavy (non-hydrogen) atoms. The van der Waals surface area contributed by atoms with Gasteiger partial charge in [0.1, 0.15) is 5.60 Å². The fourth-order valence-corrected chi connectivity index (χ4v) is 3.34. The molecule has 0 aliphatic rings. The van der Waals surface area contributed by atoms with Crippen LogP contribution in [0.15, 0.2) is 60.8 Å². The number of aromatic nitrogens is 1. The molecule has 2 unspecified atom stereocenters. The summed E-state index contributed by atoms with van der Waals surface area (Å²) in [6.45, 7) is 5.45. The van der Waals surface area contributed by atoms with Crippen LogP contribution in [-0.4, -0.2) is 16.6 Å². The Morgan fingerprint density at radius 1 is 1.11 bits per heavy atom. The first-order valence-corrected chi connectivity index (χ1v) is 9.11. The van der Waals surface area contributed by atoms with E-state index >= 15 is 0 Å². The topological polar surface area (TPSA) is 65.9 Å². The molecule has 1 heterocycles. The van der Waals surface area contributed by atoms with Crippen molar-refractivity contribution in [1.82, 2.24) is 4.98 Å². The van der Waals surface area contributed by atoms with Crippen LogP contribution in [0.25, 0.3) is 10.9 Å². The lowest BCUT2D eigenvalue weighted by atomic mass is 9.82. The Morgan fingerprint density at radius 2 is 1.78 bits per heavy atom. The predicted octanol–water partition coefficient (Wildman–Crippen LogP) is 4.98. The third-order valence-corrected chi connectivity index (χ3v) is 4.54. The number of ether oxygens (including phenoxy) is 1. The quantitative estimate of drug-likeness (QED) is 0.653. The van der Waals surface area contributed by atoms with E-state index in [0.717, 1.165) is 22.0 Å². The van der Waals surface area contributed by atoms with Crippen molar-refractivity contribution in [3.63, 3.8) is 0 Å². The number of nitrogens with zero attached hydrogens (tertiary/aromatic N) is 1. The van der Waals surface area contributed by atoms with E-state index in [9.17, 15) is 10.1 Å². The highest BCUT2D eigenvalue weighted by molar-refractivity contribution is 5.83. The minimum absolute atomic E-state index is 0.287. The van der Waals surface area contributed by atoms with Crippen LogP contribution in [0.3, 0.4) is 0 Å². The molecule has 0 radical (unpaired) electrons. The van der Waals surface area contributed by atoms with Crippen LogP contribution in [0.2, 0.25) is 0 Å². The second-order valence-electron chi connectivity index (χ2n) is 7.72. The molecule has 1 N–H and O–H groups in total. The Hall–Kier alpha value is -3.06.